The number of benzene rings is 1. The quantitative estimate of drug-likeness (QED) is 0.428. The second-order valence-electron chi connectivity index (χ2n) is 13.4. The predicted octanol–water partition coefficient (Wildman–Crippen LogP) is 5.20. The number of aromatic nitrogens is 2. The van der Waals surface area contributed by atoms with Gasteiger partial charge < -0.3 is 15.4 Å². The summed E-state index contributed by atoms with van der Waals surface area (Å²) in [6, 6.07) is 15.0. The summed E-state index contributed by atoms with van der Waals surface area (Å²) in [6.45, 7) is 7.32. The highest BCUT2D eigenvalue weighted by molar-refractivity contribution is 6.18. The lowest BCUT2D eigenvalue weighted by molar-refractivity contribution is -0.130. The van der Waals surface area contributed by atoms with Crippen molar-refractivity contribution >= 4 is 28.5 Å². The number of hydrogen-bond donors (Lipinski definition) is 2. The van der Waals surface area contributed by atoms with Crippen LogP contribution in [-0.4, -0.2) is 52.2 Å². The number of amides is 1. The van der Waals surface area contributed by atoms with Crippen LogP contribution in [0.1, 0.15) is 64.0 Å². The summed E-state index contributed by atoms with van der Waals surface area (Å²) >= 11 is 0. The molecule has 2 N–H and O–H groups in total. The van der Waals surface area contributed by atoms with Crippen molar-refractivity contribution in [2.75, 3.05) is 18.5 Å². The van der Waals surface area contributed by atoms with Gasteiger partial charge in [-0.1, -0.05) is 32.9 Å². The molecule has 1 amide bonds. The second kappa shape index (κ2) is 10.4. The number of fused-ring (bicyclic) bond motifs is 3. The summed E-state index contributed by atoms with van der Waals surface area (Å²) in [6.07, 6.45) is 6.84. The van der Waals surface area contributed by atoms with Crippen LogP contribution in [-0.2, 0) is 9.53 Å². The maximum absolute atomic E-state index is 12.7. The summed E-state index contributed by atoms with van der Waals surface area (Å²) in [4.78, 5) is 12.7. The van der Waals surface area contributed by atoms with Crippen LogP contribution in [0.25, 0.3) is 16.8 Å². The molecular formula is C33H37N7O2. The van der Waals surface area contributed by atoms with Gasteiger partial charge >= 0.3 is 0 Å². The summed E-state index contributed by atoms with van der Waals surface area (Å²) in [7, 11) is 0. The van der Waals surface area contributed by atoms with Crippen molar-refractivity contribution in [3.8, 4) is 17.3 Å². The summed E-state index contributed by atoms with van der Waals surface area (Å²) in [5.41, 5.74) is 7.32. The molecule has 9 nitrogen and oxygen atoms in total. The fourth-order valence-electron chi connectivity index (χ4n) is 7.04. The first kappa shape index (κ1) is 26.8. The monoisotopic (exact) mass is 563 g/mol. The van der Waals surface area contributed by atoms with Crippen molar-refractivity contribution < 1.29 is 9.53 Å². The number of nitriles is 1. The van der Waals surface area contributed by atoms with E-state index in [2.05, 4.69) is 40.0 Å². The lowest BCUT2D eigenvalue weighted by Crippen LogP contribution is -2.49. The van der Waals surface area contributed by atoms with Gasteiger partial charge in [0.2, 0.25) is 5.91 Å². The van der Waals surface area contributed by atoms with Crippen LogP contribution in [0, 0.1) is 34.5 Å². The van der Waals surface area contributed by atoms with E-state index in [-0.39, 0.29) is 23.4 Å². The molecule has 1 saturated heterocycles. The minimum absolute atomic E-state index is 0.155. The van der Waals surface area contributed by atoms with Gasteiger partial charge in [0.1, 0.15) is 6.07 Å². The van der Waals surface area contributed by atoms with Crippen molar-refractivity contribution in [1.29, 1.82) is 5.26 Å². The molecule has 4 heterocycles. The predicted molar refractivity (Wildman–Crippen MR) is 162 cm³/mol. The first-order valence-electron chi connectivity index (χ1n) is 15.1. The Bertz CT molecular complexity index is 1640. The number of hydrogen-bond acceptors (Lipinski definition) is 7. The van der Waals surface area contributed by atoms with Crippen LogP contribution < -0.4 is 10.6 Å². The summed E-state index contributed by atoms with van der Waals surface area (Å²) < 4.78 is 7.32. The standard InChI is InChI=1S/C33H37N7O2/c1-33(2,3)32(41)37-31-21-4-5-22(31)12-23(11-21)27-14-29(39-38-27)26-8-6-20(13-28(26)36-24-17-42-18-24)30-9-7-25-10-19(15-34)16-35-40(25)30/h6-10,13,16,21-24,31,36H,4-5,11-12,14,17-18H2,1-3H3,(H,37,41)/t21-,22+,23?,31?. The molecule has 3 aromatic rings. The normalized spacial score (nSPS) is 25.5. The van der Waals surface area contributed by atoms with Gasteiger partial charge in [-0.2, -0.15) is 20.6 Å². The van der Waals surface area contributed by atoms with E-state index in [9.17, 15) is 10.1 Å². The molecule has 0 spiro atoms. The highest BCUT2D eigenvalue weighted by atomic mass is 16.5. The van der Waals surface area contributed by atoms with Crippen molar-refractivity contribution in [3.63, 3.8) is 0 Å². The SMILES string of the molecule is CC(C)(C)C(=O)NC1[C@@H]2CC[C@H]1CC(C1=NN=C(c3ccc(-c4ccc5cc(C#N)cnn45)cc3NC3COC3)C1)C2. The zero-order chi connectivity index (χ0) is 29.0. The van der Waals surface area contributed by atoms with E-state index in [0.29, 0.717) is 36.5 Å². The maximum Gasteiger partial charge on any atom is 0.225 e. The first-order chi connectivity index (χ1) is 20.3. The molecule has 2 bridgehead atoms. The Morgan fingerprint density at radius 3 is 2.55 bits per heavy atom. The molecule has 2 aliphatic heterocycles. The molecule has 4 atom stereocenters. The van der Waals surface area contributed by atoms with Crippen molar-refractivity contribution in [1.82, 2.24) is 14.9 Å². The van der Waals surface area contributed by atoms with E-state index < -0.39 is 0 Å². The van der Waals surface area contributed by atoms with Gasteiger partial charge in [0.25, 0.3) is 0 Å². The summed E-state index contributed by atoms with van der Waals surface area (Å²) in [5.74, 6) is 1.59. The number of nitrogens with zero attached hydrogens (tertiary/aromatic N) is 5. The highest BCUT2D eigenvalue weighted by Gasteiger charge is 2.45. The van der Waals surface area contributed by atoms with Crippen LogP contribution in [0.3, 0.4) is 0 Å². The van der Waals surface area contributed by atoms with E-state index >= 15 is 0 Å². The zero-order valence-corrected chi connectivity index (χ0v) is 24.4. The number of carbonyl (C=O) groups excluding carboxylic acids is 1. The number of carbonyl (C=O) groups is 1. The number of anilines is 1. The molecule has 2 aromatic heterocycles. The lowest BCUT2D eigenvalue weighted by Gasteiger charge is -2.37. The van der Waals surface area contributed by atoms with E-state index in [1.54, 1.807) is 6.20 Å². The Morgan fingerprint density at radius 1 is 1.07 bits per heavy atom. The maximum atomic E-state index is 12.7. The molecular weight excluding hydrogens is 526 g/mol. The third-order valence-corrected chi connectivity index (χ3v) is 9.45. The average molecular weight is 564 g/mol. The fourth-order valence-corrected chi connectivity index (χ4v) is 7.04. The number of nitrogens with one attached hydrogen (secondary N) is 2. The molecule has 9 heteroatoms. The van der Waals surface area contributed by atoms with Gasteiger partial charge in [0.05, 0.1) is 47.9 Å². The molecule has 2 unspecified atom stereocenters. The van der Waals surface area contributed by atoms with Gasteiger partial charge in [-0.05, 0) is 61.8 Å². The lowest BCUT2D eigenvalue weighted by atomic mass is 9.74. The Labute approximate surface area is 246 Å². The molecule has 2 aliphatic carbocycles. The average Bonchev–Trinajstić information content (AvgIpc) is 3.66. The minimum Gasteiger partial charge on any atom is -0.377 e. The minimum atomic E-state index is -0.368. The summed E-state index contributed by atoms with van der Waals surface area (Å²) in [5, 5.41) is 30.3. The van der Waals surface area contributed by atoms with E-state index in [1.807, 2.05) is 43.5 Å². The smallest absolute Gasteiger partial charge is 0.225 e. The Balaban J connectivity index is 1.09. The fraction of sp³-hybridized carbons (Fsp3) is 0.485. The Hall–Kier alpha value is -4.03. The Morgan fingerprint density at radius 2 is 1.86 bits per heavy atom. The molecule has 7 rings (SSSR count). The molecule has 3 fully saturated rings. The van der Waals surface area contributed by atoms with Gasteiger partial charge in [-0.15, -0.1) is 0 Å². The van der Waals surface area contributed by atoms with Crippen LogP contribution in [0.5, 0.6) is 0 Å². The van der Waals surface area contributed by atoms with Gasteiger partial charge in [0, 0.05) is 46.3 Å². The van der Waals surface area contributed by atoms with E-state index in [1.165, 1.54) is 18.6 Å². The van der Waals surface area contributed by atoms with Crippen molar-refractivity contribution in [2.24, 2.45) is 33.4 Å². The van der Waals surface area contributed by atoms with Crippen LogP contribution in [0.4, 0.5) is 5.69 Å². The third-order valence-electron chi connectivity index (χ3n) is 9.45. The molecule has 216 valence electrons. The number of rotatable bonds is 6. The second-order valence-corrected chi connectivity index (χ2v) is 13.4. The zero-order valence-electron chi connectivity index (χ0n) is 24.4. The molecule has 0 radical (unpaired) electrons. The van der Waals surface area contributed by atoms with Gasteiger partial charge in [0.15, 0.2) is 0 Å². The van der Waals surface area contributed by atoms with Gasteiger partial charge in [-0.25, -0.2) is 4.52 Å². The van der Waals surface area contributed by atoms with Gasteiger partial charge in [-0.3, -0.25) is 4.79 Å². The van der Waals surface area contributed by atoms with E-state index in [0.717, 1.165) is 53.0 Å². The molecule has 2 saturated carbocycles. The Kier molecular flexibility index (Phi) is 6.62. The third kappa shape index (κ3) is 4.88. The molecule has 4 aliphatic rings. The van der Waals surface area contributed by atoms with Crippen LogP contribution in [0.15, 0.2) is 52.8 Å². The highest BCUT2D eigenvalue weighted by Crippen LogP contribution is 2.46. The topological polar surface area (TPSA) is 116 Å². The molecule has 1 aromatic carbocycles. The number of ether oxygens (including phenoxy) is 1. The first-order valence-corrected chi connectivity index (χ1v) is 15.1. The largest absolute Gasteiger partial charge is 0.377 e. The van der Waals surface area contributed by atoms with Crippen LogP contribution in [0.2, 0.25) is 0 Å². The molecule has 42 heavy (non-hydrogen) atoms. The van der Waals surface area contributed by atoms with Crippen molar-refractivity contribution in [2.45, 2.75) is 65.0 Å². The van der Waals surface area contributed by atoms with E-state index in [4.69, 9.17) is 14.9 Å². The van der Waals surface area contributed by atoms with Crippen molar-refractivity contribution in [3.05, 3.63) is 53.7 Å². The van der Waals surface area contributed by atoms with Crippen LogP contribution >= 0.6 is 0 Å².